The highest BCUT2D eigenvalue weighted by atomic mass is 16.5. The minimum Gasteiger partial charge on any atom is -0.497 e. The van der Waals surface area contributed by atoms with Crippen molar-refractivity contribution in [3.05, 3.63) is 29.8 Å². The molecule has 0 atom stereocenters. The van der Waals surface area contributed by atoms with Crippen molar-refractivity contribution in [2.75, 3.05) is 7.11 Å². The molecule has 0 aliphatic heterocycles. The number of ether oxygens (including phenoxy) is 1. The van der Waals surface area contributed by atoms with Crippen molar-refractivity contribution in [3.63, 3.8) is 0 Å². The van der Waals surface area contributed by atoms with Crippen LogP contribution in [0.3, 0.4) is 0 Å². The lowest BCUT2D eigenvalue weighted by molar-refractivity contribution is 0.415. The molecule has 1 aliphatic rings. The maximum Gasteiger partial charge on any atom is 0.118 e. The zero-order chi connectivity index (χ0) is 11.2. The van der Waals surface area contributed by atoms with Crippen LogP contribution in [0.15, 0.2) is 29.3 Å². The second kappa shape index (κ2) is 5.69. The number of aliphatic imine (C=N–C) groups is 1. The third kappa shape index (κ3) is 3.09. The van der Waals surface area contributed by atoms with Gasteiger partial charge in [-0.2, -0.15) is 0 Å². The molecular formula is C14H19NO. The SMILES string of the molecule is COc1ccc(C=NC2CCCCC2)cc1. The van der Waals surface area contributed by atoms with Gasteiger partial charge in [-0.15, -0.1) is 0 Å². The molecule has 16 heavy (non-hydrogen) atoms. The van der Waals surface area contributed by atoms with Crippen LogP contribution in [0.2, 0.25) is 0 Å². The highest BCUT2D eigenvalue weighted by Crippen LogP contribution is 2.20. The van der Waals surface area contributed by atoms with Crippen LogP contribution in [-0.2, 0) is 0 Å². The van der Waals surface area contributed by atoms with E-state index >= 15 is 0 Å². The van der Waals surface area contributed by atoms with Gasteiger partial charge in [0, 0.05) is 12.3 Å². The van der Waals surface area contributed by atoms with Crippen molar-refractivity contribution in [1.82, 2.24) is 0 Å². The van der Waals surface area contributed by atoms with Crippen molar-refractivity contribution in [3.8, 4) is 5.75 Å². The van der Waals surface area contributed by atoms with E-state index in [2.05, 4.69) is 4.99 Å². The fraction of sp³-hybridized carbons (Fsp3) is 0.500. The summed E-state index contributed by atoms with van der Waals surface area (Å²) in [5.41, 5.74) is 1.16. The fourth-order valence-electron chi connectivity index (χ4n) is 2.11. The van der Waals surface area contributed by atoms with Crippen LogP contribution in [0.1, 0.15) is 37.7 Å². The Labute approximate surface area is 97.4 Å². The smallest absolute Gasteiger partial charge is 0.118 e. The summed E-state index contributed by atoms with van der Waals surface area (Å²) in [4.78, 5) is 4.64. The number of benzene rings is 1. The topological polar surface area (TPSA) is 21.6 Å². The molecule has 0 spiro atoms. The molecule has 1 fully saturated rings. The Balaban J connectivity index is 1.94. The Bertz CT molecular complexity index is 336. The average molecular weight is 217 g/mol. The van der Waals surface area contributed by atoms with Crippen molar-refractivity contribution in [2.45, 2.75) is 38.1 Å². The van der Waals surface area contributed by atoms with Gasteiger partial charge in [-0.1, -0.05) is 19.3 Å². The van der Waals surface area contributed by atoms with E-state index < -0.39 is 0 Å². The summed E-state index contributed by atoms with van der Waals surface area (Å²) in [6, 6.07) is 8.59. The summed E-state index contributed by atoms with van der Waals surface area (Å²) in [5.74, 6) is 0.898. The minimum atomic E-state index is 0.552. The monoisotopic (exact) mass is 217 g/mol. The molecule has 0 radical (unpaired) electrons. The van der Waals surface area contributed by atoms with Gasteiger partial charge < -0.3 is 4.74 Å². The summed E-state index contributed by atoms with van der Waals surface area (Å²) in [6.45, 7) is 0. The van der Waals surface area contributed by atoms with Gasteiger partial charge in [0.1, 0.15) is 5.75 Å². The van der Waals surface area contributed by atoms with Crippen LogP contribution in [0, 0.1) is 0 Å². The van der Waals surface area contributed by atoms with Crippen LogP contribution < -0.4 is 4.74 Å². The van der Waals surface area contributed by atoms with Crippen molar-refractivity contribution in [2.24, 2.45) is 4.99 Å². The number of nitrogens with zero attached hydrogens (tertiary/aromatic N) is 1. The molecule has 1 saturated carbocycles. The Morgan fingerprint density at radius 1 is 1.12 bits per heavy atom. The van der Waals surface area contributed by atoms with Gasteiger partial charge in [0.15, 0.2) is 0 Å². The first kappa shape index (κ1) is 11.2. The Morgan fingerprint density at radius 3 is 2.44 bits per heavy atom. The lowest BCUT2D eigenvalue weighted by Gasteiger charge is -2.17. The molecule has 0 aromatic heterocycles. The molecule has 2 heteroatoms. The second-order valence-electron chi connectivity index (χ2n) is 4.34. The van der Waals surface area contributed by atoms with Crippen molar-refractivity contribution >= 4 is 6.21 Å². The van der Waals surface area contributed by atoms with Gasteiger partial charge in [0.05, 0.1) is 7.11 Å². The van der Waals surface area contributed by atoms with Gasteiger partial charge in [0.25, 0.3) is 0 Å². The van der Waals surface area contributed by atoms with Crippen molar-refractivity contribution in [1.29, 1.82) is 0 Å². The average Bonchev–Trinajstić information content (AvgIpc) is 2.38. The summed E-state index contributed by atoms with van der Waals surface area (Å²) in [5, 5.41) is 0. The molecule has 0 bridgehead atoms. The van der Waals surface area contributed by atoms with Gasteiger partial charge in [0.2, 0.25) is 0 Å². The molecule has 0 unspecified atom stereocenters. The van der Waals surface area contributed by atoms with Gasteiger partial charge in [-0.25, -0.2) is 0 Å². The van der Waals surface area contributed by atoms with Crippen LogP contribution >= 0.6 is 0 Å². The Hall–Kier alpha value is -1.31. The van der Waals surface area contributed by atoms with E-state index in [0.717, 1.165) is 11.3 Å². The molecule has 1 aliphatic carbocycles. The molecule has 0 saturated heterocycles. The third-order valence-electron chi connectivity index (χ3n) is 3.12. The molecule has 1 aromatic carbocycles. The minimum absolute atomic E-state index is 0.552. The number of rotatable bonds is 3. The van der Waals surface area contributed by atoms with Crippen LogP contribution in [0.5, 0.6) is 5.75 Å². The molecule has 2 rings (SSSR count). The Morgan fingerprint density at radius 2 is 1.81 bits per heavy atom. The van der Waals surface area contributed by atoms with E-state index in [1.54, 1.807) is 7.11 Å². The summed E-state index contributed by atoms with van der Waals surface area (Å²) < 4.78 is 5.12. The van der Waals surface area contributed by atoms with Crippen LogP contribution in [-0.4, -0.2) is 19.4 Å². The maximum atomic E-state index is 5.12. The Kier molecular flexibility index (Phi) is 3.97. The van der Waals surface area contributed by atoms with Crippen LogP contribution in [0.25, 0.3) is 0 Å². The molecule has 0 N–H and O–H groups in total. The molecule has 0 amide bonds. The predicted molar refractivity (Wildman–Crippen MR) is 67.5 cm³/mol. The number of methoxy groups -OCH3 is 1. The molecule has 2 nitrogen and oxygen atoms in total. The molecule has 0 heterocycles. The number of hydrogen-bond acceptors (Lipinski definition) is 2. The largest absolute Gasteiger partial charge is 0.497 e. The standard InChI is InChI=1S/C14H19NO/c1-16-14-9-7-12(8-10-14)11-15-13-5-3-2-4-6-13/h7-11,13H,2-6H2,1H3. The summed E-state index contributed by atoms with van der Waals surface area (Å²) >= 11 is 0. The van der Waals surface area contributed by atoms with Crippen molar-refractivity contribution < 1.29 is 4.74 Å². The van der Waals surface area contributed by atoms with E-state index in [1.807, 2.05) is 30.5 Å². The fourth-order valence-corrected chi connectivity index (χ4v) is 2.11. The lowest BCUT2D eigenvalue weighted by Crippen LogP contribution is -2.09. The second-order valence-corrected chi connectivity index (χ2v) is 4.34. The summed E-state index contributed by atoms with van der Waals surface area (Å²) in [7, 11) is 1.69. The molecular weight excluding hydrogens is 198 g/mol. The highest BCUT2D eigenvalue weighted by Gasteiger charge is 2.10. The van der Waals surface area contributed by atoms with E-state index in [4.69, 9.17) is 4.74 Å². The highest BCUT2D eigenvalue weighted by molar-refractivity contribution is 5.79. The first-order valence-corrected chi connectivity index (χ1v) is 6.06. The number of hydrogen-bond donors (Lipinski definition) is 0. The molecule has 1 aromatic rings. The van der Waals surface area contributed by atoms with E-state index in [0.29, 0.717) is 6.04 Å². The van der Waals surface area contributed by atoms with E-state index in [-0.39, 0.29) is 0 Å². The first-order valence-electron chi connectivity index (χ1n) is 6.06. The summed E-state index contributed by atoms with van der Waals surface area (Å²) in [6.07, 6.45) is 8.57. The quantitative estimate of drug-likeness (QED) is 0.711. The normalized spacial score (nSPS) is 17.8. The van der Waals surface area contributed by atoms with E-state index in [9.17, 15) is 0 Å². The zero-order valence-corrected chi connectivity index (χ0v) is 9.86. The van der Waals surface area contributed by atoms with Gasteiger partial charge >= 0.3 is 0 Å². The lowest BCUT2D eigenvalue weighted by atomic mass is 9.96. The van der Waals surface area contributed by atoms with E-state index in [1.165, 1.54) is 32.1 Å². The first-order chi connectivity index (χ1) is 7.88. The maximum absolute atomic E-state index is 5.12. The predicted octanol–water partition coefficient (Wildman–Crippen LogP) is 3.45. The molecule has 86 valence electrons. The zero-order valence-electron chi connectivity index (χ0n) is 9.86. The van der Waals surface area contributed by atoms with Gasteiger partial charge in [-0.05, 0) is 42.7 Å². The van der Waals surface area contributed by atoms with Gasteiger partial charge in [-0.3, -0.25) is 4.99 Å². The van der Waals surface area contributed by atoms with Crippen LogP contribution in [0.4, 0.5) is 0 Å². The third-order valence-corrected chi connectivity index (χ3v) is 3.12.